The average Bonchev–Trinajstić information content (AvgIpc) is 3.13. The monoisotopic (exact) mass is 288 g/mol. The molecule has 3 aliphatic rings. The molecule has 2 aromatic carbocycles. The van der Waals surface area contributed by atoms with Gasteiger partial charge < -0.3 is 0 Å². The van der Waals surface area contributed by atoms with Gasteiger partial charge in [-0.25, -0.2) is 0 Å². The molecule has 2 atom stereocenters. The summed E-state index contributed by atoms with van der Waals surface area (Å²) in [6.07, 6.45) is 11.9. The van der Waals surface area contributed by atoms with Crippen molar-refractivity contribution >= 4 is 10.8 Å². The second kappa shape index (κ2) is 4.47. The van der Waals surface area contributed by atoms with E-state index < -0.39 is 0 Å². The van der Waals surface area contributed by atoms with E-state index >= 15 is 0 Å². The number of rotatable bonds is 1. The van der Waals surface area contributed by atoms with Gasteiger partial charge in [0, 0.05) is 0 Å². The number of fused-ring (bicyclic) bond motifs is 5. The van der Waals surface area contributed by atoms with Gasteiger partial charge in [-0.15, -0.1) is 0 Å². The fraction of sp³-hybridized carbons (Fsp3) is 0.455. The van der Waals surface area contributed by atoms with Crippen LogP contribution in [-0.2, 0) is 19.3 Å². The van der Waals surface area contributed by atoms with Gasteiger partial charge in [0.2, 0.25) is 0 Å². The van der Waals surface area contributed by atoms with E-state index in [9.17, 15) is 0 Å². The summed E-state index contributed by atoms with van der Waals surface area (Å²) in [6.45, 7) is 2.24. The van der Waals surface area contributed by atoms with Crippen LogP contribution in [0.1, 0.15) is 49.3 Å². The van der Waals surface area contributed by atoms with Crippen LogP contribution < -0.4 is 0 Å². The molecule has 0 heterocycles. The van der Waals surface area contributed by atoms with Crippen LogP contribution in [0.3, 0.4) is 0 Å². The molecule has 0 nitrogen and oxygen atoms in total. The van der Waals surface area contributed by atoms with Gasteiger partial charge >= 0.3 is 0 Å². The van der Waals surface area contributed by atoms with E-state index in [2.05, 4.69) is 43.3 Å². The number of hydrogen-bond donors (Lipinski definition) is 0. The first-order chi connectivity index (χ1) is 10.8. The summed E-state index contributed by atoms with van der Waals surface area (Å²) >= 11 is 0. The maximum Gasteiger partial charge on any atom is -0.0178 e. The molecule has 3 aliphatic carbocycles. The van der Waals surface area contributed by atoms with Crippen LogP contribution in [0.2, 0.25) is 0 Å². The zero-order valence-corrected chi connectivity index (χ0v) is 13.5. The molecule has 0 amide bonds. The highest BCUT2D eigenvalue weighted by atomic mass is 14.5. The third-order valence-corrected chi connectivity index (χ3v) is 6.71. The maximum atomic E-state index is 2.53. The molecule has 0 saturated heterocycles. The van der Waals surface area contributed by atoms with Crippen molar-refractivity contribution in [3.05, 3.63) is 58.7 Å². The molecule has 0 heteroatoms. The van der Waals surface area contributed by atoms with E-state index in [1.54, 1.807) is 16.7 Å². The Morgan fingerprint density at radius 2 is 1.95 bits per heavy atom. The third-order valence-electron chi connectivity index (χ3n) is 6.71. The van der Waals surface area contributed by atoms with Gasteiger partial charge in [0.05, 0.1) is 0 Å². The molecule has 1 saturated carbocycles. The average molecular weight is 288 g/mol. The Labute approximate surface area is 133 Å². The molecule has 5 rings (SSSR count). The van der Waals surface area contributed by atoms with Gasteiger partial charge in [-0.2, -0.15) is 0 Å². The molecule has 0 aliphatic heterocycles. The van der Waals surface area contributed by atoms with Gasteiger partial charge in [0.25, 0.3) is 0 Å². The molecule has 0 N–H and O–H groups in total. The summed E-state index contributed by atoms with van der Waals surface area (Å²) in [5, 5.41) is 2.89. The molecule has 22 heavy (non-hydrogen) atoms. The van der Waals surface area contributed by atoms with Gasteiger partial charge in [-0.1, -0.05) is 48.9 Å². The Morgan fingerprint density at radius 3 is 2.73 bits per heavy atom. The highest BCUT2D eigenvalue weighted by molar-refractivity contribution is 5.85. The Morgan fingerprint density at radius 1 is 1.05 bits per heavy atom. The predicted octanol–water partition coefficient (Wildman–Crippen LogP) is 5.62. The quantitative estimate of drug-likeness (QED) is 0.598. The van der Waals surface area contributed by atoms with Crippen LogP contribution >= 0.6 is 0 Å². The zero-order valence-electron chi connectivity index (χ0n) is 13.5. The minimum atomic E-state index is 0.619. The summed E-state index contributed by atoms with van der Waals surface area (Å²) in [7, 11) is 0. The highest BCUT2D eigenvalue weighted by Crippen LogP contribution is 2.58. The van der Waals surface area contributed by atoms with Crippen molar-refractivity contribution in [1.29, 1.82) is 0 Å². The molecule has 112 valence electrons. The third kappa shape index (κ3) is 1.76. The number of allylic oxidation sites excluding steroid dienone is 2. The van der Waals surface area contributed by atoms with E-state index in [4.69, 9.17) is 0 Å². The van der Waals surface area contributed by atoms with E-state index in [1.165, 1.54) is 54.9 Å². The summed E-state index contributed by atoms with van der Waals surface area (Å²) in [5.74, 6) is 0.953. The smallest absolute Gasteiger partial charge is 0.0178 e. The molecule has 2 unspecified atom stereocenters. The van der Waals surface area contributed by atoms with E-state index in [0.29, 0.717) is 5.41 Å². The fourth-order valence-electron chi connectivity index (χ4n) is 5.41. The van der Waals surface area contributed by atoms with E-state index in [1.807, 2.05) is 0 Å². The second-order valence-electron chi connectivity index (χ2n) is 7.87. The van der Waals surface area contributed by atoms with Gasteiger partial charge in [0.15, 0.2) is 0 Å². The van der Waals surface area contributed by atoms with Crippen LogP contribution in [0, 0.1) is 11.3 Å². The minimum Gasteiger partial charge on any atom is -0.0850 e. The Bertz CT molecular complexity index is 795. The standard InChI is InChI=1S/C22H24/c1-2-15-3-5-17-12-20-14-22(13-16-4-6-21(22)10-16)8-7-18(20)11-19(17)9-15/h3-5,9,11-12,21H,2,6-8,10,13-14H2,1H3. The summed E-state index contributed by atoms with van der Waals surface area (Å²) in [5.41, 5.74) is 7.12. The topological polar surface area (TPSA) is 0 Å². The van der Waals surface area contributed by atoms with Crippen molar-refractivity contribution in [1.82, 2.24) is 0 Å². The second-order valence-corrected chi connectivity index (χ2v) is 7.87. The molecule has 1 fully saturated rings. The molecule has 0 radical (unpaired) electrons. The van der Waals surface area contributed by atoms with Gasteiger partial charge in [0.1, 0.15) is 0 Å². The first-order valence-corrected chi connectivity index (χ1v) is 8.98. The van der Waals surface area contributed by atoms with Gasteiger partial charge in [-0.3, -0.25) is 0 Å². The van der Waals surface area contributed by atoms with Crippen LogP contribution in [0.25, 0.3) is 10.8 Å². The Balaban J connectivity index is 1.57. The van der Waals surface area contributed by atoms with Crippen LogP contribution in [0.15, 0.2) is 42.0 Å². The predicted molar refractivity (Wildman–Crippen MR) is 93.2 cm³/mol. The molecule has 0 aromatic heterocycles. The van der Waals surface area contributed by atoms with Crippen LogP contribution in [0.4, 0.5) is 0 Å². The summed E-state index contributed by atoms with van der Waals surface area (Å²) < 4.78 is 0. The molecular formula is C22H24. The normalized spacial score (nSPS) is 29.1. The van der Waals surface area contributed by atoms with Gasteiger partial charge in [-0.05, 0) is 83.7 Å². The lowest BCUT2D eigenvalue weighted by Crippen LogP contribution is -2.33. The van der Waals surface area contributed by atoms with Crippen LogP contribution in [-0.4, -0.2) is 0 Å². The van der Waals surface area contributed by atoms with Crippen molar-refractivity contribution in [3.63, 3.8) is 0 Å². The lowest BCUT2D eigenvalue weighted by Gasteiger charge is -2.40. The number of aryl methyl sites for hydroxylation is 2. The maximum absolute atomic E-state index is 2.53. The van der Waals surface area contributed by atoms with Crippen molar-refractivity contribution < 1.29 is 0 Å². The lowest BCUT2D eigenvalue weighted by molar-refractivity contribution is 0.169. The lowest BCUT2D eigenvalue weighted by atomic mass is 9.64. The van der Waals surface area contributed by atoms with Crippen molar-refractivity contribution in [2.24, 2.45) is 11.3 Å². The first-order valence-electron chi connectivity index (χ1n) is 8.98. The van der Waals surface area contributed by atoms with Crippen molar-refractivity contribution in [3.8, 4) is 0 Å². The van der Waals surface area contributed by atoms with E-state index in [0.717, 1.165) is 12.3 Å². The first kappa shape index (κ1) is 12.9. The van der Waals surface area contributed by atoms with Crippen LogP contribution in [0.5, 0.6) is 0 Å². The van der Waals surface area contributed by atoms with Crippen molar-refractivity contribution in [2.75, 3.05) is 0 Å². The van der Waals surface area contributed by atoms with Crippen molar-refractivity contribution in [2.45, 2.75) is 51.9 Å². The fourth-order valence-corrected chi connectivity index (χ4v) is 5.41. The Kier molecular flexibility index (Phi) is 2.63. The summed E-state index contributed by atoms with van der Waals surface area (Å²) in [6, 6.07) is 12.0. The zero-order chi connectivity index (χ0) is 14.7. The SMILES string of the molecule is CCc1ccc2cc3c(cc2c1)CCC1(CC2=CCC1C2)C3. The molecule has 2 aromatic rings. The molecule has 1 spiro atoms. The molecule has 2 bridgehead atoms. The number of hydrogen-bond acceptors (Lipinski definition) is 0. The molecular weight excluding hydrogens is 264 g/mol. The minimum absolute atomic E-state index is 0.619. The summed E-state index contributed by atoms with van der Waals surface area (Å²) in [4.78, 5) is 0. The van der Waals surface area contributed by atoms with E-state index in [-0.39, 0.29) is 0 Å². The largest absolute Gasteiger partial charge is 0.0850 e. The highest BCUT2D eigenvalue weighted by Gasteiger charge is 2.48. The Hall–Kier alpha value is -1.56. The number of benzene rings is 2.